The normalized spacial score (nSPS) is 11.5. The topological polar surface area (TPSA) is 114 Å². The van der Waals surface area contributed by atoms with Gasteiger partial charge in [0, 0.05) is 12.1 Å². The number of thiazole rings is 1. The van der Waals surface area contributed by atoms with E-state index in [0.29, 0.717) is 15.3 Å². The summed E-state index contributed by atoms with van der Waals surface area (Å²) in [7, 11) is -3.74. The molecule has 0 saturated carbocycles. The third kappa shape index (κ3) is 3.35. The molecule has 3 aromatic rings. The van der Waals surface area contributed by atoms with Gasteiger partial charge in [0.25, 0.3) is 15.7 Å². The van der Waals surface area contributed by atoms with Gasteiger partial charge in [-0.2, -0.15) is 0 Å². The number of rotatable bonds is 5. The van der Waals surface area contributed by atoms with Gasteiger partial charge in [-0.25, -0.2) is 13.4 Å². The van der Waals surface area contributed by atoms with Crippen LogP contribution in [0.25, 0.3) is 10.2 Å². The Bertz CT molecular complexity index is 1010. The maximum Gasteiger partial charge on any atom is 0.270 e. The smallest absolute Gasteiger partial charge is 0.270 e. The van der Waals surface area contributed by atoms with E-state index < -0.39 is 14.9 Å². The minimum Gasteiger partial charge on any atom is -0.283 e. The van der Waals surface area contributed by atoms with Crippen molar-refractivity contribution in [1.29, 1.82) is 0 Å². The van der Waals surface area contributed by atoms with Crippen molar-refractivity contribution in [3.05, 3.63) is 58.1 Å². The Kier molecular flexibility index (Phi) is 4.18. The summed E-state index contributed by atoms with van der Waals surface area (Å²) in [4.78, 5) is 16.8. The van der Waals surface area contributed by atoms with Crippen LogP contribution < -0.4 is 10.3 Å². The van der Waals surface area contributed by atoms with Crippen molar-refractivity contribution in [1.82, 2.24) is 9.82 Å². The predicted octanol–water partition coefficient (Wildman–Crippen LogP) is 2.82. The average Bonchev–Trinajstić information content (AvgIpc) is 2.95. The molecule has 0 bridgehead atoms. The van der Waals surface area contributed by atoms with Gasteiger partial charge in [0.05, 0.1) is 20.0 Å². The quantitative estimate of drug-likeness (QED) is 0.531. The number of nitrogens with zero attached hydrogens (tertiary/aromatic N) is 2. The first-order valence-corrected chi connectivity index (χ1v) is 9.04. The fourth-order valence-corrected chi connectivity index (χ4v) is 3.73. The lowest BCUT2D eigenvalue weighted by Crippen LogP contribution is -2.29. The summed E-state index contributed by atoms with van der Waals surface area (Å²) < 4.78 is 25.0. The summed E-state index contributed by atoms with van der Waals surface area (Å²) in [5.41, 5.74) is 3.99. The van der Waals surface area contributed by atoms with Gasteiger partial charge in [0.1, 0.15) is 0 Å². The number of aryl methyl sites for hydroxylation is 1. The first kappa shape index (κ1) is 16.3. The summed E-state index contributed by atoms with van der Waals surface area (Å²) in [6, 6.07) is 10.7. The van der Waals surface area contributed by atoms with Gasteiger partial charge < -0.3 is 0 Å². The van der Waals surface area contributed by atoms with Gasteiger partial charge in [-0.3, -0.25) is 15.5 Å². The van der Waals surface area contributed by atoms with Crippen LogP contribution in [0.1, 0.15) is 5.56 Å². The number of hydrazine groups is 1. The molecule has 1 aromatic heterocycles. The molecule has 0 atom stereocenters. The molecule has 3 rings (SSSR count). The van der Waals surface area contributed by atoms with Crippen molar-refractivity contribution >= 4 is 42.4 Å². The van der Waals surface area contributed by atoms with Crippen LogP contribution in [-0.2, 0) is 10.0 Å². The number of hydrogen-bond donors (Lipinski definition) is 2. The van der Waals surface area contributed by atoms with E-state index in [1.165, 1.54) is 30.3 Å². The van der Waals surface area contributed by atoms with E-state index in [1.807, 2.05) is 6.92 Å². The first-order valence-electron chi connectivity index (χ1n) is 6.75. The summed E-state index contributed by atoms with van der Waals surface area (Å²) in [6.07, 6.45) is 0. The van der Waals surface area contributed by atoms with Gasteiger partial charge in [-0.1, -0.05) is 29.0 Å². The van der Waals surface area contributed by atoms with Crippen molar-refractivity contribution in [3.63, 3.8) is 0 Å². The third-order valence-electron chi connectivity index (χ3n) is 3.21. The molecule has 0 spiro atoms. The lowest BCUT2D eigenvalue weighted by molar-refractivity contribution is -0.384. The number of aromatic nitrogens is 1. The van der Waals surface area contributed by atoms with E-state index in [-0.39, 0.29) is 10.6 Å². The summed E-state index contributed by atoms with van der Waals surface area (Å²) in [5, 5.41) is 11.1. The molecule has 2 aromatic carbocycles. The van der Waals surface area contributed by atoms with Crippen molar-refractivity contribution in [2.45, 2.75) is 11.8 Å². The van der Waals surface area contributed by atoms with E-state index in [0.717, 1.165) is 16.9 Å². The SMILES string of the molecule is Cc1ccc(S(=O)(=O)NNc2nc3ccc([N+](=O)[O-])cc3s2)cc1. The Morgan fingerprint density at radius 1 is 1.17 bits per heavy atom. The fraction of sp³-hybridized carbons (Fsp3) is 0.0714. The van der Waals surface area contributed by atoms with Crippen LogP contribution in [0.4, 0.5) is 10.8 Å². The zero-order valence-corrected chi connectivity index (χ0v) is 14.0. The Balaban J connectivity index is 1.80. The molecular formula is C14H12N4O4S2. The van der Waals surface area contributed by atoms with Gasteiger partial charge in [-0.15, -0.1) is 4.83 Å². The van der Waals surface area contributed by atoms with Crippen LogP contribution in [0.5, 0.6) is 0 Å². The third-order valence-corrected chi connectivity index (χ3v) is 5.40. The van der Waals surface area contributed by atoms with E-state index in [4.69, 9.17) is 0 Å². The second-order valence-corrected chi connectivity index (χ2v) is 7.68. The van der Waals surface area contributed by atoms with Crippen LogP contribution in [0.3, 0.4) is 0 Å². The average molecular weight is 364 g/mol. The molecule has 0 amide bonds. The molecule has 124 valence electrons. The van der Waals surface area contributed by atoms with Crippen LogP contribution in [0.2, 0.25) is 0 Å². The van der Waals surface area contributed by atoms with Gasteiger partial charge in [0.2, 0.25) is 0 Å². The maximum atomic E-state index is 12.2. The molecule has 8 nitrogen and oxygen atoms in total. The largest absolute Gasteiger partial charge is 0.283 e. The fourth-order valence-electron chi connectivity index (χ4n) is 1.97. The highest BCUT2D eigenvalue weighted by Gasteiger charge is 2.15. The highest BCUT2D eigenvalue weighted by Crippen LogP contribution is 2.28. The Morgan fingerprint density at radius 3 is 2.54 bits per heavy atom. The summed E-state index contributed by atoms with van der Waals surface area (Å²) in [6.45, 7) is 1.86. The predicted molar refractivity (Wildman–Crippen MR) is 91.4 cm³/mol. The number of nitro groups is 1. The van der Waals surface area contributed by atoms with Crippen molar-refractivity contribution < 1.29 is 13.3 Å². The Morgan fingerprint density at radius 2 is 1.88 bits per heavy atom. The number of benzene rings is 2. The summed E-state index contributed by atoms with van der Waals surface area (Å²) in [5.74, 6) is 0. The molecule has 0 radical (unpaired) electrons. The van der Waals surface area contributed by atoms with E-state index in [2.05, 4.69) is 15.2 Å². The number of nitrogens with one attached hydrogen (secondary N) is 2. The van der Waals surface area contributed by atoms with Gasteiger partial charge in [0.15, 0.2) is 5.13 Å². The lowest BCUT2D eigenvalue weighted by Gasteiger charge is -2.07. The van der Waals surface area contributed by atoms with E-state index in [1.54, 1.807) is 12.1 Å². The highest BCUT2D eigenvalue weighted by atomic mass is 32.2. The molecular weight excluding hydrogens is 352 g/mol. The second-order valence-electron chi connectivity index (χ2n) is 4.97. The Labute approximate surface area is 141 Å². The van der Waals surface area contributed by atoms with Crippen molar-refractivity contribution in [2.75, 3.05) is 5.43 Å². The van der Waals surface area contributed by atoms with Gasteiger partial charge in [-0.05, 0) is 25.1 Å². The minimum absolute atomic E-state index is 0.0436. The number of fused-ring (bicyclic) bond motifs is 1. The van der Waals surface area contributed by atoms with E-state index >= 15 is 0 Å². The monoisotopic (exact) mass is 364 g/mol. The standard InChI is InChI=1S/C14H12N4O4S2/c1-9-2-5-11(6-3-9)24(21,22)17-16-14-15-12-7-4-10(18(19)20)8-13(12)23-14/h2-8,17H,1H3,(H,15,16). The molecule has 24 heavy (non-hydrogen) atoms. The first-order chi connectivity index (χ1) is 11.3. The molecule has 0 saturated heterocycles. The van der Waals surface area contributed by atoms with E-state index in [9.17, 15) is 18.5 Å². The molecule has 10 heteroatoms. The van der Waals surface area contributed by atoms with Crippen LogP contribution in [-0.4, -0.2) is 18.3 Å². The number of non-ortho nitro benzene ring substituents is 1. The number of anilines is 1. The molecule has 0 aliphatic heterocycles. The van der Waals surface area contributed by atoms with Crippen molar-refractivity contribution in [3.8, 4) is 0 Å². The van der Waals surface area contributed by atoms with Gasteiger partial charge >= 0.3 is 0 Å². The van der Waals surface area contributed by atoms with Crippen LogP contribution in [0.15, 0.2) is 47.4 Å². The van der Waals surface area contributed by atoms with Crippen LogP contribution in [0, 0.1) is 17.0 Å². The lowest BCUT2D eigenvalue weighted by atomic mass is 10.2. The zero-order chi connectivity index (χ0) is 17.3. The Hall–Kier alpha value is -2.56. The number of nitro benzene ring substituents is 1. The molecule has 1 heterocycles. The molecule has 0 aliphatic rings. The second kappa shape index (κ2) is 6.15. The maximum absolute atomic E-state index is 12.2. The number of sulfonamides is 1. The molecule has 0 fully saturated rings. The molecule has 0 aliphatic carbocycles. The highest BCUT2D eigenvalue weighted by molar-refractivity contribution is 7.89. The minimum atomic E-state index is -3.74. The zero-order valence-electron chi connectivity index (χ0n) is 12.4. The number of hydrogen-bond acceptors (Lipinski definition) is 7. The van der Waals surface area contributed by atoms with Crippen molar-refractivity contribution in [2.24, 2.45) is 0 Å². The molecule has 2 N–H and O–H groups in total. The van der Waals surface area contributed by atoms with Crippen LogP contribution >= 0.6 is 11.3 Å². The summed E-state index contributed by atoms with van der Waals surface area (Å²) >= 11 is 1.11. The molecule has 0 unspecified atom stereocenters.